The van der Waals surface area contributed by atoms with Gasteiger partial charge in [0.05, 0.1) is 6.54 Å². The Morgan fingerprint density at radius 1 is 1.50 bits per heavy atom. The molecule has 2 aromatic rings. The van der Waals surface area contributed by atoms with Gasteiger partial charge in [0.15, 0.2) is 6.19 Å². The number of nitrogens with one attached hydrogen (secondary N) is 1. The Hall–Kier alpha value is -1.65. The van der Waals surface area contributed by atoms with Crippen LogP contribution in [0.5, 0.6) is 0 Å². The fourth-order valence-corrected chi connectivity index (χ4v) is 2.69. The van der Waals surface area contributed by atoms with Crippen molar-refractivity contribution in [2.24, 2.45) is 0 Å². The molecule has 0 atom stereocenters. The lowest BCUT2D eigenvalue weighted by Crippen LogP contribution is -2.11. The zero-order chi connectivity index (χ0) is 13.0. The lowest BCUT2D eigenvalue weighted by atomic mass is 10.4. The van der Waals surface area contributed by atoms with Crippen LogP contribution in [0.3, 0.4) is 0 Å². The summed E-state index contributed by atoms with van der Waals surface area (Å²) in [5.41, 5.74) is 0. The van der Waals surface area contributed by atoms with Crippen molar-refractivity contribution in [1.29, 1.82) is 5.26 Å². The number of hydrogen-bond donors (Lipinski definition) is 1. The fourth-order valence-electron chi connectivity index (χ4n) is 1.30. The molecule has 2 rings (SSSR count). The molecule has 0 amide bonds. The maximum Gasteiger partial charge on any atom is 0.185 e. The number of nitriles is 1. The van der Waals surface area contributed by atoms with E-state index in [1.165, 1.54) is 16.1 Å². The van der Waals surface area contributed by atoms with Gasteiger partial charge in [-0.05, 0) is 22.0 Å². The van der Waals surface area contributed by atoms with Gasteiger partial charge in [-0.25, -0.2) is 9.97 Å². The summed E-state index contributed by atoms with van der Waals surface area (Å²) in [6, 6.07) is 3.80. The summed E-state index contributed by atoms with van der Waals surface area (Å²) in [6.45, 7) is 0.697. The molecular weight excluding hydrogens is 314 g/mol. The highest BCUT2D eigenvalue weighted by Crippen LogP contribution is 2.21. The van der Waals surface area contributed by atoms with Gasteiger partial charge in [0.25, 0.3) is 0 Å². The maximum atomic E-state index is 8.78. The van der Waals surface area contributed by atoms with Crippen LogP contribution in [0.25, 0.3) is 0 Å². The molecular formula is C11H10BrN5S. The summed E-state index contributed by atoms with van der Waals surface area (Å²) in [4.78, 5) is 10.7. The highest BCUT2D eigenvalue weighted by Gasteiger charge is 2.03. The second kappa shape index (κ2) is 5.80. The van der Waals surface area contributed by atoms with E-state index >= 15 is 0 Å². The molecule has 2 heterocycles. The van der Waals surface area contributed by atoms with Crippen molar-refractivity contribution < 1.29 is 0 Å². The van der Waals surface area contributed by atoms with Gasteiger partial charge >= 0.3 is 0 Å². The van der Waals surface area contributed by atoms with Gasteiger partial charge in [0.2, 0.25) is 0 Å². The molecule has 0 unspecified atom stereocenters. The molecule has 0 aromatic carbocycles. The molecule has 0 fully saturated rings. The highest BCUT2D eigenvalue weighted by molar-refractivity contribution is 9.10. The third-order valence-corrected chi connectivity index (χ3v) is 3.91. The molecule has 18 heavy (non-hydrogen) atoms. The minimum atomic E-state index is 0.572. The van der Waals surface area contributed by atoms with Crippen LogP contribution in [0, 0.1) is 11.5 Å². The fraction of sp³-hybridized carbons (Fsp3) is 0.182. The van der Waals surface area contributed by atoms with Gasteiger partial charge in [-0.2, -0.15) is 5.26 Å². The van der Waals surface area contributed by atoms with Crippen molar-refractivity contribution in [3.8, 4) is 6.19 Å². The van der Waals surface area contributed by atoms with Gasteiger partial charge < -0.3 is 5.32 Å². The Morgan fingerprint density at radius 3 is 3.00 bits per heavy atom. The molecule has 0 aliphatic heterocycles. The van der Waals surface area contributed by atoms with E-state index in [1.807, 2.05) is 11.6 Å². The normalized spacial score (nSPS) is 9.83. The van der Waals surface area contributed by atoms with E-state index in [2.05, 4.69) is 37.3 Å². The number of anilines is 2. The van der Waals surface area contributed by atoms with E-state index in [0.29, 0.717) is 18.2 Å². The quantitative estimate of drug-likeness (QED) is 0.692. The van der Waals surface area contributed by atoms with Crippen LogP contribution in [0.2, 0.25) is 0 Å². The number of hydrogen-bond acceptors (Lipinski definition) is 6. The molecule has 5 nitrogen and oxygen atoms in total. The van der Waals surface area contributed by atoms with Crippen LogP contribution in [0.1, 0.15) is 4.88 Å². The average molecular weight is 324 g/mol. The Bertz CT molecular complexity index is 577. The highest BCUT2D eigenvalue weighted by atomic mass is 79.9. The molecule has 0 saturated heterocycles. The number of thiophene rings is 1. The first kappa shape index (κ1) is 12.8. The zero-order valence-corrected chi connectivity index (χ0v) is 12.0. The second-order valence-corrected chi connectivity index (χ2v) is 5.42. The first-order chi connectivity index (χ1) is 8.69. The lowest BCUT2D eigenvalue weighted by Gasteiger charge is -2.09. The van der Waals surface area contributed by atoms with Crippen molar-refractivity contribution in [1.82, 2.24) is 9.97 Å². The molecule has 2 aromatic heterocycles. The minimum absolute atomic E-state index is 0.572. The van der Waals surface area contributed by atoms with E-state index in [0.717, 1.165) is 4.47 Å². The number of halogens is 1. The molecule has 0 saturated carbocycles. The topological polar surface area (TPSA) is 64.8 Å². The molecule has 0 aliphatic rings. The summed E-state index contributed by atoms with van der Waals surface area (Å²) < 4.78 is 1.08. The number of aromatic nitrogens is 2. The molecule has 1 N–H and O–H groups in total. The van der Waals surface area contributed by atoms with E-state index in [-0.39, 0.29) is 0 Å². The minimum Gasteiger partial charge on any atom is -0.365 e. The van der Waals surface area contributed by atoms with Crippen molar-refractivity contribution >= 4 is 38.9 Å². The largest absolute Gasteiger partial charge is 0.365 e. The summed E-state index contributed by atoms with van der Waals surface area (Å²) in [5, 5.41) is 14.0. The standard InChI is InChI=1S/C11H10BrN5S/c1-17(6-13)11-3-10(15-7-16-11)14-4-9-2-8(12)5-18-9/h2-3,5,7H,4H2,1H3,(H,14,15,16). The molecule has 92 valence electrons. The van der Waals surface area contributed by atoms with E-state index in [1.54, 1.807) is 24.5 Å². The summed E-state index contributed by atoms with van der Waals surface area (Å²) >= 11 is 5.08. The Morgan fingerprint density at radius 2 is 2.33 bits per heavy atom. The van der Waals surface area contributed by atoms with Gasteiger partial charge in [0, 0.05) is 27.8 Å². The first-order valence-electron chi connectivity index (χ1n) is 5.11. The zero-order valence-electron chi connectivity index (χ0n) is 9.59. The summed E-state index contributed by atoms with van der Waals surface area (Å²) in [7, 11) is 1.66. The van der Waals surface area contributed by atoms with Crippen molar-refractivity contribution in [2.45, 2.75) is 6.54 Å². The Labute approximate surface area is 117 Å². The molecule has 7 heteroatoms. The predicted octanol–water partition coefficient (Wildman–Crippen LogP) is 2.83. The number of rotatable bonds is 4. The SMILES string of the molecule is CN(C#N)c1cc(NCc2cc(Br)cs2)ncn1. The van der Waals surface area contributed by atoms with Gasteiger partial charge in [-0.3, -0.25) is 4.90 Å². The Balaban J connectivity index is 2.04. The predicted molar refractivity (Wildman–Crippen MR) is 75.4 cm³/mol. The van der Waals surface area contributed by atoms with E-state index in [9.17, 15) is 0 Å². The molecule has 0 bridgehead atoms. The van der Waals surface area contributed by atoms with Gasteiger partial charge in [-0.15, -0.1) is 11.3 Å². The molecule has 0 spiro atoms. The second-order valence-electron chi connectivity index (χ2n) is 3.51. The van der Waals surface area contributed by atoms with E-state index in [4.69, 9.17) is 5.26 Å². The van der Waals surface area contributed by atoms with Crippen LogP contribution in [-0.2, 0) is 6.54 Å². The van der Waals surface area contributed by atoms with Crippen LogP contribution >= 0.6 is 27.3 Å². The van der Waals surface area contributed by atoms with Crippen LogP contribution in [0.4, 0.5) is 11.6 Å². The Kier molecular flexibility index (Phi) is 4.12. The monoisotopic (exact) mass is 323 g/mol. The summed E-state index contributed by atoms with van der Waals surface area (Å²) in [5.74, 6) is 1.27. The first-order valence-corrected chi connectivity index (χ1v) is 6.78. The summed E-state index contributed by atoms with van der Waals surface area (Å²) in [6.07, 6.45) is 3.44. The third-order valence-electron chi connectivity index (χ3n) is 2.21. The van der Waals surface area contributed by atoms with E-state index < -0.39 is 0 Å². The average Bonchev–Trinajstić information content (AvgIpc) is 2.81. The van der Waals surface area contributed by atoms with Gasteiger partial charge in [0.1, 0.15) is 18.0 Å². The van der Waals surface area contributed by atoms with Gasteiger partial charge in [-0.1, -0.05) is 0 Å². The van der Waals surface area contributed by atoms with Crippen molar-refractivity contribution in [3.63, 3.8) is 0 Å². The van der Waals surface area contributed by atoms with Crippen molar-refractivity contribution in [2.75, 3.05) is 17.3 Å². The van der Waals surface area contributed by atoms with Crippen molar-refractivity contribution in [3.05, 3.63) is 33.2 Å². The molecule has 0 radical (unpaired) electrons. The van der Waals surface area contributed by atoms with Crippen LogP contribution in [0.15, 0.2) is 28.3 Å². The van der Waals surface area contributed by atoms with Crippen LogP contribution in [-0.4, -0.2) is 17.0 Å². The maximum absolute atomic E-state index is 8.78. The van der Waals surface area contributed by atoms with Crippen LogP contribution < -0.4 is 10.2 Å². The smallest absolute Gasteiger partial charge is 0.185 e. The lowest BCUT2D eigenvalue weighted by molar-refractivity contribution is 1.06. The number of nitrogens with zero attached hydrogens (tertiary/aromatic N) is 4. The third kappa shape index (κ3) is 3.18. The molecule has 0 aliphatic carbocycles.